The number of carbonyl (C=O) groups is 2. The van der Waals surface area contributed by atoms with Gasteiger partial charge in [0.05, 0.1) is 41.5 Å². The molecule has 0 N–H and O–H groups in total. The van der Waals surface area contributed by atoms with Gasteiger partial charge < -0.3 is 24.0 Å². The predicted octanol–water partition coefficient (Wildman–Crippen LogP) is 17.3. The number of hydrogen-bond donors (Lipinski definition) is 0. The van der Waals surface area contributed by atoms with Gasteiger partial charge in [-0.2, -0.15) is 20.5 Å². The molecule has 71 heavy (non-hydrogen) atoms. The van der Waals surface area contributed by atoms with Crippen LogP contribution in [0.15, 0.2) is 142 Å². The molecule has 1 aliphatic heterocycles. The van der Waals surface area contributed by atoms with E-state index in [4.69, 9.17) is 14.2 Å². The Morgan fingerprint density at radius 3 is 1.13 bits per heavy atom. The van der Waals surface area contributed by atoms with Crippen molar-refractivity contribution in [3.05, 3.63) is 132 Å². The molecule has 1 fully saturated rings. The van der Waals surface area contributed by atoms with Crippen molar-refractivity contribution in [3.63, 3.8) is 0 Å². The number of amides is 1. The van der Waals surface area contributed by atoms with Gasteiger partial charge in [-0.05, 0) is 134 Å². The van der Waals surface area contributed by atoms with E-state index in [1.807, 2.05) is 89.8 Å². The summed E-state index contributed by atoms with van der Waals surface area (Å²) in [5.74, 6) is 1.67. The first-order valence-corrected chi connectivity index (χ1v) is 26.8. The molecule has 0 atom stereocenters. The quantitative estimate of drug-likeness (QED) is 0.0183. The van der Waals surface area contributed by atoms with Gasteiger partial charge in [0.1, 0.15) is 17.2 Å². The highest BCUT2D eigenvalue weighted by molar-refractivity contribution is 5.94. The number of benzene rings is 5. The number of azo groups is 2. The third-order valence-electron chi connectivity index (χ3n) is 13.0. The number of hydrogen-bond acceptors (Lipinski definition) is 10. The topological polar surface area (TPSA) is 118 Å². The number of carbonyl (C=O) groups excluding carboxylic acids is 2. The Balaban J connectivity index is 0.836. The Labute approximate surface area is 424 Å². The highest BCUT2D eigenvalue weighted by atomic mass is 16.5. The van der Waals surface area contributed by atoms with Crippen LogP contribution in [0.2, 0.25) is 0 Å². The Morgan fingerprint density at radius 2 is 0.732 bits per heavy atom. The largest absolute Gasteiger partial charge is 0.494 e. The molecule has 0 unspecified atom stereocenters. The number of anilines is 1. The molecule has 0 radical (unpaired) electrons. The van der Waals surface area contributed by atoms with Crippen LogP contribution in [0.25, 0.3) is 0 Å². The lowest BCUT2D eigenvalue weighted by Gasteiger charge is -2.36. The van der Waals surface area contributed by atoms with Gasteiger partial charge in [0, 0.05) is 37.4 Å². The molecular weight excluding hydrogens is 885 g/mol. The summed E-state index contributed by atoms with van der Waals surface area (Å²) in [7, 11) is 0. The molecule has 1 amide bonds. The van der Waals surface area contributed by atoms with E-state index in [1.54, 1.807) is 36.4 Å². The maximum Gasteiger partial charge on any atom is 0.343 e. The van der Waals surface area contributed by atoms with Gasteiger partial charge in [0.15, 0.2) is 0 Å². The maximum absolute atomic E-state index is 13.4. The summed E-state index contributed by atoms with van der Waals surface area (Å²) in [4.78, 5) is 30.5. The molecule has 0 saturated carbocycles. The van der Waals surface area contributed by atoms with Gasteiger partial charge in [-0.15, -0.1) is 0 Å². The van der Waals surface area contributed by atoms with Crippen LogP contribution in [0, 0.1) is 0 Å². The number of esters is 1. The lowest BCUT2D eigenvalue weighted by molar-refractivity contribution is 0.0731. The molecule has 11 heteroatoms. The minimum Gasteiger partial charge on any atom is -0.494 e. The van der Waals surface area contributed by atoms with Crippen LogP contribution in [0.4, 0.5) is 28.4 Å². The fraction of sp³-hybridized carbons (Fsp3) is 0.467. The SMILES string of the molecule is CCCCCCCCCCCCOc1ccc(N=Nc2ccc(C(=O)Oc3ccc(N4CCN(C(=O)c5ccc(N=Nc6ccc(OCCCCCCCCCCCC)cc6)cc5)CC4)cc3)cc2)cc1. The van der Waals surface area contributed by atoms with Crippen molar-refractivity contribution in [2.24, 2.45) is 20.5 Å². The van der Waals surface area contributed by atoms with Gasteiger partial charge in [0.2, 0.25) is 0 Å². The first-order chi connectivity index (χ1) is 35.0. The van der Waals surface area contributed by atoms with E-state index in [9.17, 15) is 9.59 Å². The van der Waals surface area contributed by atoms with Crippen molar-refractivity contribution in [2.45, 2.75) is 142 Å². The van der Waals surface area contributed by atoms with Crippen molar-refractivity contribution < 1.29 is 23.8 Å². The molecule has 0 bridgehead atoms. The van der Waals surface area contributed by atoms with Gasteiger partial charge >= 0.3 is 5.97 Å². The molecule has 6 rings (SSSR count). The zero-order valence-corrected chi connectivity index (χ0v) is 42.7. The molecule has 11 nitrogen and oxygen atoms in total. The van der Waals surface area contributed by atoms with Crippen molar-refractivity contribution in [2.75, 3.05) is 44.3 Å². The van der Waals surface area contributed by atoms with Gasteiger partial charge in [-0.3, -0.25) is 4.79 Å². The van der Waals surface area contributed by atoms with E-state index in [2.05, 4.69) is 39.2 Å². The summed E-state index contributed by atoms with van der Waals surface area (Å²) in [6, 6.07) is 36.9. The molecule has 1 heterocycles. The number of ether oxygens (including phenoxy) is 3. The summed E-state index contributed by atoms with van der Waals surface area (Å²) in [6.45, 7) is 8.53. The van der Waals surface area contributed by atoms with Crippen LogP contribution in [0.5, 0.6) is 17.2 Å². The van der Waals surface area contributed by atoms with Gasteiger partial charge in [0.25, 0.3) is 5.91 Å². The van der Waals surface area contributed by atoms with Crippen molar-refractivity contribution in [3.8, 4) is 17.2 Å². The third-order valence-corrected chi connectivity index (χ3v) is 13.0. The molecule has 378 valence electrons. The van der Waals surface area contributed by atoms with E-state index in [0.717, 1.165) is 54.6 Å². The molecule has 0 aromatic heterocycles. The highest BCUT2D eigenvalue weighted by Gasteiger charge is 2.23. The molecule has 5 aromatic carbocycles. The van der Waals surface area contributed by atoms with E-state index < -0.39 is 5.97 Å². The summed E-state index contributed by atoms with van der Waals surface area (Å²) in [6.07, 6.45) is 26.1. The molecule has 0 aliphatic carbocycles. The fourth-order valence-electron chi connectivity index (χ4n) is 8.58. The minimum atomic E-state index is -0.455. The predicted molar refractivity (Wildman–Crippen MR) is 288 cm³/mol. The number of rotatable bonds is 32. The van der Waals surface area contributed by atoms with Crippen LogP contribution in [0.1, 0.15) is 163 Å². The lowest BCUT2D eigenvalue weighted by Crippen LogP contribution is -2.48. The zero-order chi connectivity index (χ0) is 49.6. The standard InChI is InChI=1S/C60H78N6O5/c1-3-5-7-9-11-13-15-17-19-21-47-69-56-37-31-53(32-38-56)63-61-51-27-23-49(24-28-51)59(67)66-45-43-65(44-46-66)55-35-41-58(42-36-55)71-60(68)50-25-29-52(30-26-50)62-64-54-33-39-57(40-34-54)70-48-22-20-18-16-14-12-10-8-6-4-2/h23-42H,3-22,43-48H2,1-2H3. The van der Waals surface area contributed by atoms with Crippen LogP contribution in [-0.2, 0) is 0 Å². The molecule has 0 spiro atoms. The second kappa shape index (κ2) is 31.8. The maximum atomic E-state index is 13.4. The van der Waals surface area contributed by atoms with Gasteiger partial charge in [-0.1, -0.05) is 129 Å². The second-order valence-electron chi connectivity index (χ2n) is 18.7. The fourth-order valence-corrected chi connectivity index (χ4v) is 8.58. The van der Waals surface area contributed by atoms with Crippen molar-refractivity contribution in [1.29, 1.82) is 0 Å². The van der Waals surface area contributed by atoms with Crippen LogP contribution in [0.3, 0.4) is 0 Å². The molecular formula is C60H78N6O5. The van der Waals surface area contributed by atoms with E-state index in [0.29, 0.717) is 54.4 Å². The first-order valence-electron chi connectivity index (χ1n) is 26.8. The monoisotopic (exact) mass is 963 g/mol. The van der Waals surface area contributed by atoms with Crippen molar-refractivity contribution >= 4 is 40.3 Å². The Kier molecular flexibility index (Phi) is 24.2. The Morgan fingerprint density at radius 1 is 0.394 bits per heavy atom. The number of piperazine rings is 1. The normalized spacial score (nSPS) is 12.8. The smallest absolute Gasteiger partial charge is 0.343 e. The highest BCUT2D eigenvalue weighted by Crippen LogP contribution is 2.26. The average Bonchev–Trinajstić information content (AvgIpc) is 3.41. The van der Waals surface area contributed by atoms with E-state index in [-0.39, 0.29) is 5.91 Å². The molecule has 5 aromatic rings. The average molecular weight is 963 g/mol. The Hall–Kier alpha value is -6.36. The second-order valence-corrected chi connectivity index (χ2v) is 18.7. The van der Waals surface area contributed by atoms with E-state index in [1.165, 1.54) is 116 Å². The molecule has 1 aliphatic rings. The first kappa shape index (κ1) is 54.0. The summed E-state index contributed by atoms with van der Waals surface area (Å²) in [5.41, 5.74) is 4.80. The van der Waals surface area contributed by atoms with E-state index >= 15 is 0 Å². The number of unbranched alkanes of at least 4 members (excludes halogenated alkanes) is 18. The van der Waals surface area contributed by atoms with Crippen LogP contribution < -0.4 is 19.1 Å². The van der Waals surface area contributed by atoms with Crippen LogP contribution >= 0.6 is 0 Å². The third kappa shape index (κ3) is 20.1. The number of nitrogens with zero attached hydrogens (tertiary/aromatic N) is 6. The zero-order valence-electron chi connectivity index (χ0n) is 42.7. The summed E-state index contributed by atoms with van der Waals surface area (Å²) < 4.78 is 17.6. The lowest BCUT2D eigenvalue weighted by atomic mass is 10.1. The summed E-state index contributed by atoms with van der Waals surface area (Å²) >= 11 is 0. The van der Waals surface area contributed by atoms with Gasteiger partial charge in [-0.25, -0.2) is 4.79 Å². The summed E-state index contributed by atoms with van der Waals surface area (Å²) in [5, 5.41) is 17.5. The minimum absolute atomic E-state index is 0.00914. The van der Waals surface area contributed by atoms with Crippen LogP contribution in [-0.4, -0.2) is 56.2 Å². The Bertz CT molecular complexity index is 2310. The molecule has 1 saturated heterocycles. The van der Waals surface area contributed by atoms with Crippen molar-refractivity contribution in [1.82, 2.24) is 4.90 Å².